The Morgan fingerprint density at radius 1 is 1.55 bits per heavy atom. The number of carboxylic acid groups (broad SMARTS) is 1. The molecule has 0 rings (SSSR count). The summed E-state index contributed by atoms with van der Waals surface area (Å²) in [4.78, 5) is 20.4. The highest BCUT2D eigenvalue weighted by molar-refractivity contribution is 5.75. The molecule has 0 radical (unpaired) electrons. The van der Waals surface area contributed by atoms with Gasteiger partial charge in [-0.05, 0) is 0 Å². The standard InChI is InChI=1S/C5H10N2O4/c1-3(9)6-7-4(2-8)5(10)11/h4,7-8H,2H2,1H3,(H,6,9)(H,10,11)/t4-/m0/s1. The van der Waals surface area contributed by atoms with E-state index in [1.165, 1.54) is 6.92 Å². The fourth-order valence-corrected chi connectivity index (χ4v) is 0.374. The maximum Gasteiger partial charge on any atom is 0.324 e. The van der Waals surface area contributed by atoms with Crippen LogP contribution in [0.1, 0.15) is 6.92 Å². The Hall–Kier alpha value is -1.14. The second-order valence-corrected chi connectivity index (χ2v) is 1.90. The first kappa shape index (κ1) is 9.86. The lowest BCUT2D eigenvalue weighted by Gasteiger charge is -2.10. The Morgan fingerprint density at radius 3 is 2.36 bits per heavy atom. The highest BCUT2D eigenvalue weighted by Gasteiger charge is 2.14. The molecule has 0 fully saturated rings. The van der Waals surface area contributed by atoms with E-state index in [2.05, 4.69) is 5.43 Å². The van der Waals surface area contributed by atoms with Crippen molar-refractivity contribution >= 4 is 11.9 Å². The van der Waals surface area contributed by atoms with E-state index in [1.807, 2.05) is 5.43 Å². The van der Waals surface area contributed by atoms with Crippen molar-refractivity contribution < 1.29 is 19.8 Å². The summed E-state index contributed by atoms with van der Waals surface area (Å²) in [7, 11) is 0. The minimum Gasteiger partial charge on any atom is -0.480 e. The summed E-state index contributed by atoms with van der Waals surface area (Å²) in [6, 6.07) is -1.15. The van der Waals surface area contributed by atoms with E-state index < -0.39 is 24.5 Å². The first-order chi connectivity index (χ1) is 5.07. The zero-order chi connectivity index (χ0) is 8.85. The Bertz CT molecular complexity index is 159. The molecule has 0 bridgehead atoms. The fourth-order valence-electron chi connectivity index (χ4n) is 0.374. The summed E-state index contributed by atoms with van der Waals surface area (Å²) in [5.41, 5.74) is 4.17. The van der Waals surface area contributed by atoms with Crippen molar-refractivity contribution in [1.29, 1.82) is 0 Å². The van der Waals surface area contributed by atoms with Crippen LogP contribution in [0.5, 0.6) is 0 Å². The van der Waals surface area contributed by atoms with Gasteiger partial charge >= 0.3 is 5.97 Å². The fraction of sp³-hybridized carbons (Fsp3) is 0.600. The zero-order valence-electron chi connectivity index (χ0n) is 6.00. The van der Waals surface area contributed by atoms with Crippen LogP contribution >= 0.6 is 0 Å². The molecule has 0 unspecified atom stereocenters. The van der Waals surface area contributed by atoms with Crippen molar-refractivity contribution in [3.63, 3.8) is 0 Å². The molecule has 0 aliphatic carbocycles. The molecule has 0 saturated carbocycles. The quantitative estimate of drug-likeness (QED) is 0.361. The minimum absolute atomic E-state index is 0.412. The number of aliphatic hydroxyl groups excluding tert-OH is 1. The summed E-state index contributed by atoms with van der Waals surface area (Å²) in [5.74, 6) is -1.63. The summed E-state index contributed by atoms with van der Waals surface area (Å²) in [6.45, 7) is 0.652. The Labute approximate surface area is 63.2 Å². The average Bonchev–Trinajstić information content (AvgIpc) is 1.87. The average molecular weight is 162 g/mol. The van der Waals surface area contributed by atoms with Crippen molar-refractivity contribution in [2.45, 2.75) is 13.0 Å². The minimum atomic E-state index is -1.22. The largest absolute Gasteiger partial charge is 0.480 e. The van der Waals surface area contributed by atoms with Gasteiger partial charge in [0.25, 0.3) is 0 Å². The summed E-state index contributed by atoms with van der Waals surface area (Å²) in [6.07, 6.45) is 0. The number of hydrogen-bond donors (Lipinski definition) is 4. The molecule has 6 heteroatoms. The van der Waals surface area contributed by atoms with Crippen LogP contribution in [0.15, 0.2) is 0 Å². The Morgan fingerprint density at radius 2 is 2.09 bits per heavy atom. The number of carbonyl (C=O) groups is 2. The van der Waals surface area contributed by atoms with E-state index in [1.54, 1.807) is 0 Å². The molecule has 0 saturated heterocycles. The molecule has 0 aromatic rings. The lowest BCUT2D eigenvalue weighted by atomic mass is 10.3. The van der Waals surface area contributed by atoms with Gasteiger partial charge in [0.1, 0.15) is 6.04 Å². The van der Waals surface area contributed by atoms with E-state index in [-0.39, 0.29) is 0 Å². The van der Waals surface area contributed by atoms with Crippen molar-refractivity contribution in [1.82, 2.24) is 10.9 Å². The van der Waals surface area contributed by atoms with Gasteiger partial charge in [0.05, 0.1) is 6.61 Å². The van der Waals surface area contributed by atoms with Gasteiger partial charge in [-0.1, -0.05) is 0 Å². The molecule has 1 amide bonds. The number of hydrazine groups is 1. The van der Waals surface area contributed by atoms with Gasteiger partial charge in [0.15, 0.2) is 0 Å². The number of hydrogen-bond acceptors (Lipinski definition) is 4. The summed E-state index contributed by atoms with van der Waals surface area (Å²) < 4.78 is 0. The van der Waals surface area contributed by atoms with Crippen LogP contribution in [0.2, 0.25) is 0 Å². The van der Waals surface area contributed by atoms with Gasteiger partial charge in [-0.2, -0.15) is 0 Å². The van der Waals surface area contributed by atoms with Gasteiger partial charge in [-0.3, -0.25) is 15.0 Å². The molecule has 0 aliphatic heterocycles. The first-order valence-electron chi connectivity index (χ1n) is 2.93. The van der Waals surface area contributed by atoms with Crippen LogP contribution < -0.4 is 10.9 Å². The van der Waals surface area contributed by atoms with Gasteiger partial charge in [0.2, 0.25) is 5.91 Å². The molecule has 0 aromatic carbocycles. The van der Waals surface area contributed by atoms with Gasteiger partial charge < -0.3 is 10.2 Å². The number of rotatable bonds is 4. The SMILES string of the molecule is CC(=O)NN[C@@H](CO)C(=O)O. The number of nitrogens with one attached hydrogen (secondary N) is 2. The lowest BCUT2D eigenvalue weighted by molar-refractivity contribution is -0.141. The third-order valence-electron chi connectivity index (χ3n) is 0.903. The molecular formula is C5H10N2O4. The van der Waals surface area contributed by atoms with Crippen LogP contribution in [0.3, 0.4) is 0 Å². The first-order valence-corrected chi connectivity index (χ1v) is 2.93. The number of carbonyl (C=O) groups excluding carboxylic acids is 1. The summed E-state index contributed by atoms with van der Waals surface area (Å²) in [5, 5.41) is 16.7. The molecule has 0 aromatic heterocycles. The smallest absolute Gasteiger partial charge is 0.324 e. The lowest BCUT2D eigenvalue weighted by Crippen LogP contribution is -2.49. The maximum atomic E-state index is 10.2. The molecule has 11 heavy (non-hydrogen) atoms. The van der Waals surface area contributed by atoms with Crippen LogP contribution in [-0.2, 0) is 9.59 Å². The number of aliphatic hydroxyl groups is 1. The number of amides is 1. The maximum absolute atomic E-state index is 10.2. The molecular weight excluding hydrogens is 152 g/mol. The van der Waals surface area contributed by atoms with Gasteiger partial charge in [0, 0.05) is 6.92 Å². The van der Waals surface area contributed by atoms with Crippen molar-refractivity contribution in [2.75, 3.05) is 6.61 Å². The van der Waals surface area contributed by atoms with Crippen LogP contribution in [0, 0.1) is 0 Å². The zero-order valence-corrected chi connectivity index (χ0v) is 6.00. The van der Waals surface area contributed by atoms with Crippen LogP contribution in [-0.4, -0.2) is 34.7 Å². The van der Waals surface area contributed by atoms with E-state index in [4.69, 9.17) is 10.2 Å². The van der Waals surface area contributed by atoms with E-state index in [0.717, 1.165) is 0 Å². The monoisotopic (exact) mass is 162 g/mol. The van der Waals surface area contributed by atoms with E-state index in [0.29, 0.717) is 0 Å². The predicted octanol–water partition coefficient (Wildman–Crippen LogP) is -1.93. The molecule has 0 heterocycles. The van der Waals surface area contributed by atoms with Crippen molar-refractivity contribution in [2.24, 2.45) is 0 Å². The van der Waals surface area contributed by atoms with Gasteiger partial charge in [-0.15, -0.1) is 0 Å². The normalized spacial score (nSPS) is 12.2. The second-order valence-electron chi connectivity index (χ2n) is 1.90. The molecule has 1 atom stereocenters. The molecule has 0 aliphatic rings. The van der Waals surface area contributed by atoms with Crippen molar-refractivity contribution in [3.05, 3.63) is 0 Å². The highest BCUT2D eigenvalue weighted by atomic mass is 16.4. The van der Waals surface area contributed by atoms with Gasteiger partial charge in [-0.25, -0.2) is 5.43 Å². The molecule has 64 valence electrons. The molecule has 6 nitrogen and oxygen atoms in total. The van der Waals surface area contributed by atoms with Crippen molar-refractivity contribution in [3.8, 4) is 0 Å². The van der Waals surface area contributed by atoms with Crippen LogP contribution in [0.4, 0.5) is 0 Å². The highest BCUT2D eigenvalue weighted by Crippen LogP contribution is 1.78. The second kappa shape index (κ2) is 4.64. The summed E-state index contributed by atoms with van der Waals surface area (Å²) >= 11 is 0. The third-order valence-corrected chi connectivity index (χ3v) is 0.903. The topological polar surface area (TPSA) is 98.7 Å². The van der Waals surface area contributed by atoms with Crippen LogP contribution in [0.25, 0.3) is 0 Å². The Kier molecular flexibility index (Phi) is 4.16. The predicted molar refractivity (Wildman–Crippen MR) is 35.5 cm³/mol. The molecule has 0 spiro atoms. The van der Waals surface area contributed by atoms with E-state index >= 15 is 0 Å². The number of aliphatic carboxylic acids is 1. The molecule has 4 N–H and O–H groups in total. The third kappa shape index (κ3) is 4.29. The number of carboxylic acids is 1. The van der Waals surface area contributed by atoms with E-state index in [9.17, 15) is 9.59 Å². The Balaban J connectivity index is 3.70.